The monoisotopic (exact) mass is 212 g/mol. The van der Waals surface area contributed by atoms with E-state index in [0.717, 1.165) is 0 Å². The van der Waals surface area contributed by atoms with E-state index in [1.807, 2.05) is 0 Å². The van der Waals surface area contributed by atoms with E-state index in [9.17, 15) is 8.60 Å². The lowest BCUT2D eigenvalue weighted by Crippen LogP contribution is -2.28. The smallest absolute Gasteiger partial charge is 0.185 e. The van der Waals surface area contributed by atoms with Crippen molar-refractivity contribution in [2.75, 3.05) is 6.80 Å². The number of rotatable bonds is 3. The Morgan fingerprint density at radius 1 is 1.78 bits per heavy atom. The summed E-state index contributed by atoms with van der Waals surface area (Å²) in [7, 11) is -3.18. The molecule has 0 aromatic rings. The Bertz CT molecular complexity index is 167. The van der Waals surface area contributed by atoms with E-state index >= 15 is 0 Å². The molecular formula is CH3Cl2FN2OS2. The first-order valence-corrected chi connectivity index (χ1v) is 4.80. The van der Waals surface area contributed by atoms with E-state index in [4.69, 9.17) is 23.6 Å². The predicted octanol–water partition coefficient (Wildman–Crippen LogP) is 0.689. The third kappa shape index (κ3) is 3.49. The summed E-state index contributed by atoms with van der Waals surface area (Å²) in [5, 5.41) is 0. The average molecular weight is 213 g/mol. The topological polar surface area (TPSA) is 32.3 Å². The van der Waals surface area contributed by atoms with Gasteiger partial charge in [0.15, 0.2) is 15.7 Å². The van der Waals surface area contributed by atoms with Crippen LogP contribution in [0.1, 0.15) is 0 Å². The molecular weight excluding hydrogens is 210 g/mol. The zero-order valence-electron chi connectivity index (χ0n) is 4.01. The van der Waals surface area contributed by atoms with Gasteiger partial charge in [0.2, 0.25) is 0 Å². The van der Waals surface area contributed by atoms with Gasteiger partial charge >= 0.3 is 0 Å². The van der Waals surface area contributed by atoms with Crippen LogP contribution in [0.2, 0.25) is 0 Å². The Kier molecular flexibility index (Phi) is 4.19. The molecule has 0 rings (SSSR count). The largest absolute Gasteiger partial charge is 0.233 e. The van der Waals surface area contributed by atoms with Gasteiger partial charge in [-0.25, -0.2) is 8.60 Å². The quantitative estimate of drug-likeness (QED) is 0.552. The molecule has 0 aliphatic rings. The van der Waals surface area contributed by atoms with Gasteiger partial charge in [-0.05, 0) is 3.34 Å². The fourth-order valence-corrected chi connectivity index (χ4v) is 0.780. The van der Waals surface area contributed by atoms with Gasteiger partial charge in [0, 0.05) is 34.7 Å². The molecule has 0 fully saturated rings. The Balaban J connectivity index is 4.05. The first kappa shape index (κ1) is 9.80. The second-order valence-corrected chi connectivity index (χ2v) is 5.16. The molecule has 3 nitrogen and oxygen atoms in total. The Morgan fingerprint density at radius 2 is 2.22 bits per heavy atom. The van der Waals surface area contributed by atoms with Gasteiger partial charge in [-0.1, -0.05) is 0 Å². The van der Waals surface area contributed by atoms with Crippen molar-refractivity contribution in [3.8, 4) is 0 Å². The molecule has 0 saturated carbocycles. The first-order chi connectivity index (χ1) is 4.00. The molecule has 0 aliphatic carbocycles. The lowest BCUT2D eigenvalue weighted by Gasteiger charge is -2.06. The summed E-state index contributed by atoms with van der Waals surface area (Å²) in [6, 6.07) is 0. The van der Waals surface area contributed by atoms with E-state index in [1.54, 1.807) is 4.72 Å². The molecule has 0 spiro atoms. The van der Waals surface area contributed by atoms with Crippen LogP contribution in [0.5, 0.6) is 0 Å². The fourth-order valence-electron chi connectivity index (χ4n) is 0.118. The van der Waals surface area contributed by atoms with Crippen molar-refractivity contribution in [2.24, 2.45) is 0 Å². The Labute approximate surface area is 67.3 Å². The molecule has 0 bridgehead atoms. The van der Waals surface area contributed by atoms with E-state index in [-0.39, 0.29) is 3.34 Å². The maximum Gasteiger partial charge on any atom is 0.185 e. The zero-order chi connectivity index (χ0) is 7.49. The van der Waals surface area contributed by atoms with Crippen LogP contribution in [0.25, 0.3) is 0 Å². The molecule has 56 valence electrons. The molecule has 1 atom stereocenters. The second kappa shape index (κ2) is 3.85. The van der Waals surface area contributed by atoms with Gasteiger partial charge < -0.3 is 0 Å². The highest BCUT2D eigenvalue weighted by Gasteiger charge is 2.11. The number of nitrogens with one attached hydrogen (secondary N) is 1. The second-order valence-electron chi connectivity index (χ2n) is 0.955. The van der Waals surface area contributed by atoms with Crippen molar-refractivity contribution in [1.82, 2.24) is 8.07 Å². The lowest BCUT2D eigenvalue weighted by atomic mass is 11.5. The van der Waals surface area contributed by atoms with Gasteiger partial charge in [-0.2, -0.15) is 4.72 Å². The normalized spacial score (nSPS) is 17.8. The van der Waals surface area contributed by atoms with Gasteiger partial charge in [-0.15, -0.1) is 0 Å². The summed E-state index contributed by atoms with van der Waals surface area (Å²) < 4.78 is 23.9. The number of alkyl halides is 1. The van der Waals surface area contributed by atoms with Crippen LogP contribution < -0.4 is 4.72 Å². The van der Waals surface area contributed by atoms with E-state index in [0.29, 0.717) is 0 Å². The SMILES string of the molecule is O=S(=S)(NCF)N(Cl)Cl. The van der Waals surface area contributed by atoms with Crippen molar-refractivity contribution in [3.63, 3.8) is 0 Å². The molecule has 0 saturated heterocycles. The third-order valence-corrected chi connectivity index (χ3v) is 3.71. The number of hydrogen-bond donors (Lipinski definition) is 1. The van der Waals surface area contributed by atoms with Crippen LogP contribution in [0, 0.1) is 0 Å². The lowest BCUT2D eigenvalue weighted by molar-refractivity contribution is 0.479. The molecule has 0 aromatic carbocycles. The van der Waals surface area contributed by atoms with Crippen LogP contribution >= 0.6 is 23.6 Å². The van der Waals surface area contributed by atoms with E-state index in [2.05, 4.69) is 11.2 Å². The summed E-state index contributed by atoms with van der Waals surface area (Å²) in [5.74, 6) is 0. The maximum atomic E-state index is 11.3. The van der Waals surface area contributed by atoms with E-state index < -0.39 is 15.7 Å². The predicted molar refractivity (Wildman–Crippen MR) is 38.2 cm³/mol. The van der Waals surface area contributed by atoms with Crippen molar-refractivity contribution in [2.45, 2.75) is 0 Å². The molecule has 0 heterocycles. The molecule has 1 N–H and O–H groups in total. The van der Waals surface area contributed by atoms with Crippen molar-refractivity contribution < 1.29 is 8.60 Å². The molecule has 0 amide bonds. The number of halogens is 3. The van der Waals surface area contributed by atoms with Crippen LogP contribution in [-0.4, -0.2) is 14.4 Å². The third-order valence-electron chi connectivity index (χ3n) is 0.419. The molecule has 0 aromatic heterocycles. The highest BCUT2D eigenvalue weighted by atomic mass is 35.5. The van der Waals surface area contributed by atoms with Gasteiger partial charge in [0.25, 0.3) is 0 Å². The summed E-state index contributed by atoms with van der Waals surface area (Å²) in [6.45, 7) is -1.03. The van der Waals surface area contributed by atoms with E-state index in [1.165, 1.54) is 0 Å². The van der Waals surface area contributed by atoms with Gasteiger partial charge in [0.05, 0.1) is 0 Å². The minimum atomic E-state index is -3.18. The fraction of sp³-hybridized carbons (Fsp3) is 1.00. The highest BCUT2D eigenvalue weighted by Crippen LogP contribution is 2.05. The summed E-state index contributed by atoms with van der Waals surface area (Å²) in [6.07, 6.45) is 0. The van der Waals surface area contributed by atoms with Crippen LogP contribution in [0.15, 0.2) is 0 Å². The molecule has 8 heteroatoms. The highest BCUT2D eigenvalue weighted by molar-refractivity contribution is 8.31. The first-order valence-electron chi connectivity index (χ1n) is 1.68. The minimum absolute atomic E-state index is 0.210. The number of nitrogens with zero attached hydrogens (tertiary/aromatic N) is 1. The number of hydrogen-bond acceptors (Lipinski definition) is 2. The molecule has 1 unspecified atom stereocenters. The average Bonchev–Trinajstić information content (AvgIpc) is 1.65. The zero-order valence-corrected chi connectivity index (χ0v) is 7.16. The Morgan fingerprint density at radius 3 is 2.33 bits per heavy atom. The molecule has 0 radical (unpaired) electrons. The van der Waals surface area contributed by atoms with Gasteiger partial charge in [0.1, 0.15) is 0 Å². The van der Waals surface area contributed by atoms with Crippen LogP contribution in [-0.2, 0) is 20.1 Å². The van der Waals surface area contributed by atoms with Crippen LogP contribution in [0.3, 0.4) is 0 Å². The molecule has 0 aliphatic heterocycles. The van der Waals surface area contributed by atoms with Crippen molar-refractivity contribution in [3.05, 3.63) is 0 Å². The standard InChI is InChI=1S/CH3Cl2FN2OS2/c2-6(3)9(7,8)5-1-4/h5H,1H2. The van der Waals surface area contributed by atoms with Crippen molar-refractivity contribution in [1.29, 1.82) is 0 Å². The van der Waals surface area contributed by atoms with Crippen LogP contribution in [0.4, 0.5) is 4.39 Å². The summed E-state index contributed by atoms with van der Waals surface area (Å²) in [5.41, 5.74) is 0. The Hall–Kier alpha value is 0.800. The minimum Gasteiger partial charge on any atom is -0.233 e. The summed E-state index contributed by atoms with van der Waals surface area (Å²) >= 11 is 14.1. The van der Waals surface area contributed by atoms with Gasteiger partial charge in [-0.3, -0.25) is 0 Å². The van der Waals surface area contributed by atoms with Crippen molar-refractivity contribution >= 4 is 43.6 Å². The maximum absolute atomic E-state index is 11.3. The summed E-state index contributed by atoms with van der Waals surface area (Å²) in [4.78, 5) is 0. The molecule has 9 heavy (non-hydrogen) atoms.